The summed E-state index contributed by atoms with van der Waals surface area (Å²) in [4.78, 5) is 15.5. The van der Waals surface area contributed by atoms with E-state index >= 15 is 0 Å². The lowest BCUT2D eigenvalue weighted by molar-refractivity contribution is -0.127. The third-order valence-corrected chi connectivity index (χ3v) is 5.21. The fourth-order valence-corrected chi connectivity index (χ4v) is 3.74. The minimum atomic E-state index is -0.565. The summed E-state index contributed by atoms with van der Waals surface area (Å²) < 4.78 is 1.95. The van der Waals surface area contributed by atoms with E-state index in [1.807, 2.05) is 62.8 Å². The maximum atomic E-state index is 13.1. The van der Waals surface area contributed by atoms with Crippen LogP contribution in [0.1, 0.15) is 38.1 Å². The standard InChI is InChI=1S/C21H31N5O/c1-16(2)22-20(27)21(23-18-8-6-5-7-9-18)10-12-26(13-11-21)15-19-14-17(3)24-25(19)4/h5-9,14,16,23H,10-13,15H2,1-4H3,(H,22,27). The van der Waals surface area contributed by atoms with Crippen molar-refractivity contribution < 1.29 is 4.79 Å². The first-order chi connectivity index (χ1) is 12.9. The molecule has 2 aromatic rings. The Balaban J connectivity index is 1.71. The minimum Gasteiger partial charge on any atom is -0.371 e. The molecule has 146 valence electrons. The van der Waals surface area contributed by atoms with Crippen molar-refractivity contribution in [2.24, 2.45) is 7.05 Å². The fraction of sp³-hybridized carbons (Fsp3) is 0.524. The average molecular weight is 370 g/mol. The number of nitrogens with zero attached hydrogens (tertiary/aromatic N) is 3. The van der Waals surface area contributed by atoms with Crippen LogP contribution in [-0.4, -0.2) is 45.3 Å². The van der Waals surface area contributed by atoms with Gasteiger partial charge in [0.25, 0.3) is 0 Å². The summed E-state index contributed by atoms with van der Waals surface area (Å²) in [6.07, 6.45) is 1.55. The lowest BCUT2D eigenvalue weighted by Crippen LogP contribution is -2.59. The Bertz CT molecular complexity index is 760. The van der Waals surface area contributed by atoms with Crippen molar-refractivity contribution in [2.75, 3.05) is 18.4 Å². The molecular weight excluding hydrogens is 338 g/mol. The Morgan fingerprint density at radius 3 is 2.44 bits per heavy atom. The van der Waals surface area contributed by atoms with Gasteiger partial charge in [-0.2, -0.15) is 5.10 Å². The van der Waals surface area contributed by atoms with E-state index in [4.69, 9.17) is 0 Å². The van der Waals surface area contributed by atoms with Crippen molar-refractivity contribution in [1.82, 2.24) is 20.0 Å². The van der Waals surface area contributed by atoms with Crippen LogP contribution in [0.3, 0.4) is 0 Å². The van der Waals surface area contributed by atoms with E-state index in [-0.39, 0.29) is 11.9 Å². The predicted octanol–water partition coefficient (Wildman–Crippen LogP) is 2.70. The molecule has 3 rings (SSSR count). The second-order valence-electron chi connectivity index (χ2n) is 7.88. The highest BCUT2D eigenvalue weighted by atomic mass is 16.2. The summed E-state index contributed by atoms with van der Waals surface area (Å²) in [6, 6.07) is 12.3. The molecule has 0 atom stereocenters. The van der Waals surface area contributed by atoms with Gasteiger partial charge in [0.2, 0.25) is 5.91 Å². The van der Waals surface area contributed by atoms with E-state index in [1.165, 1.54) is 5.69 Å². The molecule has 0 aliphatic carbocycles. The van der Waals surface area contributed by atoms with Crippen molar-refractivity contribution in [3.05, 3.63) is 47.8 Å². The largest absolute Gasteiger partial charge is 0.371 e. The van der Waals surface area contributed by atoms with Crippen LogP contribution in [0.2, 0.25) is 0 Å². The van der Waals surface area contributed by atoms with Crippen molar-refractivity contribution in [2.45, 2.75) is 51.7 Å². The van der Waals surface area contributed by atoms with Crippen LogP contribution in [0.4, 0.5) is 5.69 Å². The molecule has 1 aliphatic heterocycles. The topological polar surface area (TPSA) is 62.2 Å². The van der Waals surface area contributed by atoms with E-state index in [1.54, 1.807) is 0 Å². The third kappa shape index (κ3) is 4.69. The summed E-state index contributed by atoms with van der Waals surface area (Å²) >= 11 is 0. The molecule has 0 unspecified atom stereocenters. The number of para-hydroxylation sites is 1. The van der Waals surface area contributed by atoms with Crippen LogP contribution >= 0.6 is 0 Å². The Hall–Kier alpha value is -2.34. The smallest absolute Gasteiger partial charge is 0.245 e. The van der Waals surface area contributed by atoms with Crippen LogP contribution in [0.25, 0.3) is 0 Å². The molecule has 0 saturated carbocycles. The highest BCUT2D eigenvalue weighted by Crippen LogP contribution is 2.28. The normalized spacial score (nSPS) is 17.1. The summed E-state index contributed by atoms with van der Waals surface area (Å²) in [5, 5.41) is 11.1. The SMILES string of the molecule is Cc1cc(CN2CCC(Nc3ccccc3)(C(=O)NC(C)C)CC2)n(C)n1. The zero-order valence-electron chi connectivity index (χ0n) is 16.8. The van der Waals surface area contributed by atoms with Gasteiger partial charge in [-0.3, -0.25) is 14.4 Å². The summed E-state index contributed by atoms with van der Waals surface area (Å²) in [6.45, 7) is 8.64. The molecule has 2 N–H and O–H groups in total. The van der Waals surface area contributed by atoms with Gasteiger partial charge in [0.05, 0.1) is 11.4 Å². The predicted molar refractivity (Wildman–Crippen MR) is 109 cm³/mol. The fourth-order valence-electron chi connectivity index (χ4n) is 3.74. The number of nitrogens with one attached hydrogen (secondary N) is 2. The van der Waals surface area contributed by atoms with Crippen LogP contribution in [0.15, 0.2) is 36.4 Å². The van der Waals surface area contributed by atoms with E-state index in [2.05, 4.69) is 26.7 Å². The van der Waals surface area contributed by atoms with E-state index in [9.17, 15) is 4.79 Å². The molecule has 0 spiro atoms. The summed E-state index contributed by atoms with van der Waals surface area (Å²) in [5.41, 5.74) is 2.68. The number of carbonyl (C=O) groups is 1. The number of hydrogen-bond donors (Lipinski definition) is 2. The van der Waals surface area contributed by atoms with Crippen LogP contribution in [0, 0.1) is 6.92 Å². The molecule has 0 radical (unpaired) electrons. The highest BCUT2D eigenvalue weighted by Gasteiger charge is 2.41. The van der Waals surface area contributed by atoms with Gasteiger partial charge >= 0.3 is 0 Å². The molecule has 6 nitrogen and oxygen atoms in total. The van der Waals surface area contributed by atoms with Gasteiger partial charge in [-0.1, -0.05) is 18.2 Å². The van der Waals surface area contributed by atoms with Gasteiger partial charge in [0.15, 0.2) is 0 Å². The Labute approximate surface area is 161 Å². The first kappa shape index (κ1) is 19.4. The van der Waals surface area contributed by atoms with Gasteiger partial charge in [-0.05, 0) is 51.8 Å². The molecule has 0 bridgehead atoms. The third-order valence-electron chi connectivity index (χ3n) is 5.21. The Kier molecular flexibility index (Phi) is 5.85. The second kappa shape index (κ2) is 8.13. The average Bonchev–Trinajstić information content (AvgIpc) is 2.94. The number of likely N-dealkylation sites (tertiary alicyclic amines) is 1. The monoisotopic (exact) mass is 369 g/mol. The van der Waals surface area contributed by atoms with Gasteiger partial charge < -0.3 is 10.6 Å². The Morgan fingerprint density at radius 1 is 1.22 bits per heavy atom. The van der Waals surface area contributed by atoms with Crippen molar-refractivity contribution in [3.8, 4) is 0 Å². The lowest BCUT2D eigenvalue weighted by Gasteiger charge is -2.42. The van der Waals surface area contributed by atoms with Crippen molar-refractivity contribution >= 4 is 11.6 Å². The number of piperidine rings is 1. The molecule has 6 heteroatoms. The highest BCUT2D eigenvalue weighted by molar-refractivity contribution is 5.89. The quantitative estimate of drug-likeness (QED) is 0.822. The summed E-state index contributed by atoms with van der Waals surface area (Å²) in [5.74, 6) is 0.0948. The first-order valence-electron chi connectivity index (χ1n) is 9.74. The number of aryl methyl sites for hydroxylation is 2. The van der Waals surface area contributed by atoms with Gasteiger partial charge in [0, 0.05) is 38.4 Å². The van der Waals surface area contributed by atoms with E-state index in [0.717, 1.165) is 43.9 Å². The number of anilines is 1. The maximum Gasteiger partial charge on any atom is 0.245 e. The number of benzene rings is 1. The molecule has 1 aliphatic rings. The minimum absolute atomic E-state index is 0.0948. The number of carbonyl (C=O) groups excluding carboxylic acids is 1. The first-order valence-corrected chi connectivity index (χ1v) is 9.74. The van der Waals surface area contributed by atoms with E-state index < -0.39 is 5.54 Å². The van der Waals surface area contributed by atoms with Gasteiger partial charge in [-0.15, -0.1) is 0 Å². The maximum absolute atomic E-state index is 13.1. The van der Waals surface area contributed by atoms with Gasteiger partial charge in [0.1, 0.15) is 5.54 Å². The van der Waals surface area contributed by atoms with Crippen LogP contribution in [0.5, 0.6) is 0 Å². The molecule has 2 heterocycles. The number of hydrogen-bond acceptors (Lipinski definition) is 4. The number of amides is 1. The zero-order valence-corrected chi connectivity index (χ0v) is 16.8. The van der Waals surface area contributed by atoms with Crippen LogP contribution < -0.4 is 10.6 Å². The molecule has 1 fully saturated rings. The van der Waals surface area contributed by atoms with Crippen LogP contribution in [-0.2, 0) is 18.4 Å². The summed E-state index contributed by atoms with van der Waals surface area (Å²) in [7, 11) is 1.99. The second-order valence-corrected chi connectivity index (χ2v) is 7.88. The molecule has 27 heavy (non-hydrogen) atoms. The zero-order chi connectivity index (χ0) is 19.4. The Morgan fingerprint density at radius 2 is 1.89 bits per heavy atom. The molecule has 1 saturated heterocycles. The molecular formula is C21H31N5O. The number of aromatic nitrogens is 2. The molecule has 1 aromatic carbocycles. The lowest BCUT2D eigenvalue weighted by atomic mass is 9.85. The van der Waals surface area contributed by atoms with Gasteiger partial charge in [-0.25, -0.2) is 0 Å². The molecule has 1 aromatic heterocycles. The molecule has 1 amide bonds. The van der Waals surface area contributed by atoms with Crippen molar-refractivity contribution in [3.63, 3.8) is 0 Å². The number of rotatable bonds is 6. The van der Waals surface area contributed by atoms with E-state index in [0.29, 0.717) is 0 Å². The van der Waals surface area contributed by atoms with Crippen molar-refractivity contribution in [1.29, 1.82) is 0 Å².